The molecule has 0 unspecified atom stereocenters. The zero-order chi connectivity index (χ0) is 13.7. The molecule has 0 fully saturated rings. The first-order valence-electron chi connectivity index (χ1n) is 6.42. The van der Waals surface area contributed by atoms with Crippen molar-refractivity contribution in [2.75, 3.05) is 27.3 Å². The minimum Gasteiger partial charge on any atom is -0.385 e. The van der Waals surface area contributed by atoms with Crippen molar-refractivity contribution < 1.29 is 4.74 Å². The van der Waals surface area contributed by atoms with Gasteiger partial charge in [0.1, 0.15) is 5.15 Å². The Bertz CT molecular complexity index is 545. The van der Waals surface area contributed by atoms with Crippen molar-refractivity contribution in [3.05, 3.63) is 41.0 Å². The maximum absolute atomic E-state index is 6.25. The minimum absolute atomic E-state index is 0.595. The van der Waals surface area contributed by atoms with Crippen LogP contribution in [0.1, 0.15) is 12.0 Å². The van der Waals surface area contributed by atoms with Gasteiger partial charge in [-0.2, -0.15) is 0 Å². The number of nitrogens with zero attached hydrogens (tertiary/aromatic N) is 2. The summed E-state index contributed by atoms with van der Waals surface area (Å²) in [6, 6.07) is 10.2. The van der Waals surface area contributed by atoms with Crippen LogP contribution in [0.5, 0.6) is 0 Å². The van der Waals surface area contributed by atoms with Crippen LogP contribution in [-0.4, -0.2) is 37.2 Å². The number of halogens is 1. The van der Waals surface area contributed by atoms with E-state index < -0.39 is 0 Å². The minimum atomic E-state index is 0.595. The van der Waals surface area contributed by atoms with Gasteiger partial charge in [-0.1, -0.05) is 29.8 Å². The third-order valence-corrected chi connectivity index (χ3v) is 3.41. The molecule has 0 N–H and O–H groups in total. The van der Waals surface area contributed by atoms with Gasteiger partial charge in [0, 0.05) is 37.8 Å². The number of hydrogen-bond acceptors (Lipinski definition) is 3. The Morgan fingerprint density at radius 3 is 2.89 bits per heavy atom. The smallest absolute Gasteiger partial charge is 0.134 e. The van der Waals surface area contributed by atoms with E-state index in [1.807, 2.05) is 18.2 Å². The number of methoxy groups -OCH3 is 1. The zero-order valence-corrected chi connectivity index (χ0v) is 12.2. The molecule has 0 spiro atoms. The van der Waals surface area contributed by atoms with Gasteiger partial charge in [-0.25, -0.2) is 4.98 Å². The SMILES string of the molecule is COCCCN(C)Cc1cc2ccccc2nc1Cl. The molecule has 0 atom stereocenters. The monoisotopic (exact) mass is 278 g/mol. The number of fused-ring (bicyclic) bond motifs is 1. The summed E-state index contributed by atoms with van der Waals surface area (Å²) >= 11 is 6.25. The van der Waals surface area contributed by atoms with E-state index >= 15 is 0 Å². The number of ether oxygens (including phenoxy) is 1. The highest BCUT2D eigenvalue weighted by Gasteiger charge is 2.07. The van der Waals surface area contributed by atoms with Gasteiger partial charge in [0.25, 0.3) is 0 Å². The second-order valence-corrected chi connectivity index (χ2v) is 5.07. The van der Waals surface area contributed by atoms with E-state index in [4.69, 9.17) is 16.3 Å². The third kappa shape index (κ3) is 3.90. The fourth-order valence-electron chi connectivity index (χ4n) is 2.10. The van der Waals surface area contributed by atoms with Gasteiger partial charge >= 0.3 is 0 Å². The van der Waals surface area contributed by atoms with E-state index in [9.17, 15) is 0 Å². The fourth-order valence-corrected chi connectivity index (χ4v) is 2.30. The van der Waals surface area contributed by atoms with Crippen molar-refractivity contribution in [2.24, 2.45) is 0 Å². The van der Waals surface area contributed by atoms with Gasteiger partial charge < -0.3 is 9.64 Å². The summed E-state index contributed by atoms with van der Waals surface area (Å²) in [4.78, 5) is 6.67. The molecule has 2 aromatic rings. The van der Waals surface area contributed by atoms with Gasteiger partial charge in [0.2, 0.25) is 0 Å². The van der Waals surface area contributed by atoms with Gasteiger partial charge in [-0.3, -0.25) is 0 Å². The van der Waals surface area contributed by atoms with Crippen LogP contribution >= 0.6 is 11.6 Å². The van der Waals surface area contributed by atoms with Gasteiger partial charge in [-0.15, -0.1) is 0 Å². The highest BCUT2D eigenvalue weighted by molar-refractivity contribution is 6.30. The van der Waals surface area contributed by atoms with E-state index in [1.54, 1.807) is 7.11 Å². The Balaban J connectivity index is 2.09. The summed E-state index contributed by atoms with van der Waals surface area (Å²) in [5.41, 5.74) is 2.01. The zero-order valence-electron chi connectivity index (χ0n) is 11.4. The summed E-state index contributed by atoms with van der Waals surface area (Å²) in [6.45, 7) is 2.57. The number of hydrogen-bond donors (Lipinski definition) is 0. The average molecular weight is 279 g/mol. The van der Waals surface area contributed by atoms with Gasteiger partial charge in [-0.05, 0) is 25.6 Å². The number of pyridine rings is 1. The van der Waals surface area contributed by atoms with Crippen LogP contribution in [0, 0.1) is 0 Å². The molecule has 0 radical (unpaired) electrons. The predicted molar refractivity (Wildman–Crippen MR) is 79.6 cm³/mol. The average Bonchev–Trinajstić information content (AvgIpc) is 2.40. The quantitative estimate of drug-likeness (QED) is 0.598. The maximum Gasteiger partial charge on any atom is 0.134 e. The Morgan fingerprint density at radius 1 is 1.32 bits per heavy atom. The van der Waals surface area contributed by atoms with E-state index in [1.165, 1.54) is 0 Å². The second kappa shape index (κ2) is 6.85. The summed E-state index contributed by atoms with van der Waals surface area (Å²) < 4.78 is 5.06. The summed E-state index contributed by atoms with van der Waals surface area (Å²) in [5.74, 6) is 0. The Kier molecular flexibility index (Phi) is 5.14. The van der Waals surface area contributed by atoms with Gasteiger partial charge in [0.05, 0.1) is 5.52 Å². The highest BCUT2D eigenvalue weighted by atomic mass is 35.5. The van der Waals surface area contributed by atoms with E-state index in [0.717, 1.165) is 42.6 Å². The Hall–Kier alpha value is -1.16. The normalized spacial score (nSPS) is 11.4. The Labute approximate surface area is 119 Å². The maximum atomic E-state index is 6.25. The molecule has 19 heavy (non-hydrogen) atoms. The summed E-state index contributed by atoms with van der Waals surface area (Å²) in [7, 11) is 3.81. The molecule has 4 heteroatoms. The molecule has 102 valence electrons. The van der Waals surface area contributed by atoms with Crippen molar-refractivity contribution in [3.63, 3.8) is 0 Å². The van der Waals surface area contributed by atoms with Crippen molar-refractivity contribution >= 4 is 22.5 Å². The molecule has 0 aliphatic carbocycles. The topological polar surface area (TPSA) is 25.4 Å². The lowest BCUT2D eigenvalue weighted by Gasteiger charge is -2.17. The van der Waals surface area contributed by atoms with Crippen LogP contribution in [0.15, 0.2) is 30.3 Å². The summed E-state index contributed by atoms with van der Waals surface area (Å²) in [6.07, 6.45) is 1.02. The van der Waals surface area contributed by atoms with Crippen LogP contribution in [-0.2, 0) is 11.3 Å². The van der Waals surface area contributed by atoms with Crippen molar-refractivity contribution in [3.8, 4) is 0 Å². The van der Waals surface area contributed by atoms with Crippen LogP contribution in [0.4, 0.5) is 0 Å². The van der Waals surface area contributed by atoms with Crippen LogP contribution in [0.3, 0.4) is 0 Å². The molecule has 0 saturated carbocycles. The van der Waals surface area contributed by atoms with Crippen LogP contribution in [0.25, 0.3) is 10.9 Å². The van der Waals surface area contributed by atoms with Crippen molar-refractivity contribution in [1.29, 1.82) is 0 Å². The van der Waals surface area contributed by atoms with E-state index in [-0.39, 0.29) is 0 Å². The molecule has 0 saturated heterocycles. The van der Waals surface area contributed by atoms with Crippen molar-refractivity contribution in [1.82, 2.24) is 9.88 Å². The predicted octanol–water partition coefficient (Wildman–Crippen LogP) is 3.36. The molecule has 0 amide bonds. The number of rotatable bonds is 6. The molecule has 0 bridgehead atoms. The largest absolute Gasteiger partial charge is 0.385 e. The van der Waals surface area contributed by atoms with Gasteiger partial charge in [0.15, 0.2) is 0 Å². The molecule has 1 heterocycles. The first kappa shape index (κ1) is 14.3. The van der Waals surface area contributed by atoms with Crippen molar-refractivity contribution in [2.45, 2.75) is 13.0 Å². The lowest BCUT2D eigenvalue weighted by atomic mass is 10.1. The molecular formula is C15H19ClN2O. The fraction of sp³-hybridized carbons (Fsp3) is 0.400. The van der Waals surface area contributed by atoms with E-state index in [0.29, 0.717) is 5.15 Å². The number of aromatic nitrogens is 1. The molecule has 0 aliphatic heterocycles. The second-order valence-electron chi connectivity index (χ2n) is 4.72. The number of para-hydroxylation sites is 1. The first-order valence-corrected chi connectivity index (χ1v) is 6.80. The summed E-state index contributed by atoms with van der Waals surface area (Å²) in [5, 5.41) is 1.73. The molecule has 2 rings (SSSR count). The molecule has 0 aliphatic rings. The highest BCUT2D eigenvalue weighted by Crippen LogP contribution is 2.21. The van der Waals surface area contributed by atoms with E-state index in [2.05, 4.69) is 29.1 Å². The first-order chi connectivity index (χ1) is 9.20. The Morgan fingerprint density at radius 2 is 2.11 bits per heavy atom. The third-order valence-electron chi connectivity index (χ3n) is 3.08. The van der Waals surface area contributed by atoms with Crippen LogP contribution < -0.4 is 0 Å². The lowest BCUT2D eigenvalue weighted by molar-refractivity contribution is 0.178. The lowest BCUT2D eigenvalue weighted by Crippen LogP contribution is -2.20. The number of benzene rings is 1. The standard InChI is InChI=1S/C15H19ClN2O/c1-18(8-5-9-19-2)11-13-10-12-6-3-4-7-14(12)17-15(13)16/h3-4,6-7,10H,5,8-9,11H2,1-2H3. The molecule has 3 nitrogen and oxygen atoms in total. The van der Waals surface area contributed by atoms with Crippen LogP contribution in [0.2, 0.25) is 5.15 Å². The molecule has 1 aromatic heterocycles. The molecule has 1 aromatic carbocycles. The molecular weight excluding hydrogens is 260 g/mol.